The summed E-state index contributed by atoms with van der Waals surface area (Å²) in [5.74, 6) is 1.06. The average Bonchev–Trinajstić information content (AvgIpc) is 3.45. The molecule has 0 radical (unpaired) electrons. The lowest BCUT2D eigenvalue weighted by atomic mass is 10.1. The van der Waals surface area contributed by atoms with Crippen LogP contribution in [0.25, 0.3) is 5.65 Å². The predicted octanol–water partition coefficient (Wildman–Crippen LogP) is 3.73. The van der Waals surface area contributed by atoms with E-state index in [1.807, 2.05) is 45.3 Å². The van der Waals surface area contributed by atoms with Crippen LogP contribution in [0.5, 0.6) is 0 Å². The smallest absolute Gasteiger partial charge is 0.421 e. The number of aryl methyl sites for hydroxylation is 2. The third-order valence-electron chi connectivity index (χ3n) is 6.77. The Morgan fingerprint density at radius 1 is 1.15 bits per heavy atom. The number of hydrogen-bond acceptors (Lipinski definition) is 9. The molecule has 0 unspecified atom stereocenters. The van der Waals surface area contributed by atoms with Crippen molar-refractivity contribution in [2.45, 2.75) is 72.1 Å². The zero-order chi connectivity index (χ0) is 28.1. The number of carbonyl (C=O) groups excluding carboxylic acids is 1. The van der Waals surface area contributed by atoms with Crippen molar-refractivity contribution in [2.24, 2.45) is 0 Å². The number of aromatic nitrogens is 3. The summed E-state index contributed by atoms with van der Waals surface area (Å²) in [6.45, 7) is 9.64. The van der Waals surface area contributed by atoms with E-state index in [4.69, 9.17) is 15.5 Å². The van der Waals surface area contributed by atoms with Gasteiger partial charge in [-0.1, -0.05) is 6.07 Å². The van der Waals surface area contributed by atoms with Crippen molar-refractivity contribution in [2.75, 3.05) is 12.3 Å². The fourth-order valence-electron chi connectivity index (χ4n) is 4.75. The lowest BCUT2D eigenvalue weighted by Crippen LogP contribution is -2.38. The van der Waals surface area contributed by atoms with Crippen LogP contribution in [0.2, 0.25) is 0 Å². The summed E-state index contributed by atoms with van der Waals surface area (Å²) in [7, 11) is -4.15. The molecule has 2 aliphatic rings. The number of imidazole rings is 1. The molecule has 11 nitrogen and oxygen atoms in total. The second-order valence-corrected chi connectivity index (χ2v) is 13.0. The Hall–Kier alpha value is -3.64. The van der Waals surface area contributed by atoms with E-state index in [-0.39, 0.29) is 11.4 Å². The Morgan fingerprint density at radius 3 is 2.56 bits per heavy atom. The summed E-state index contributed by atoms with van der Waals surface area (Å²) in [5.41, 5.74) is 10.7. The number of anilines is 1. The van der Waals surface area contributed by atoms with E-state index in [9.17, 15) is 13.2 Å². The Labute approximate surface area is 228 Å². The first-order chi connectivity index (χ1) is 18.3. The number of hydrazine groups is 1. The number of sulfonamides is 1. The highest BCUT2D eigenvalue weighted by Crippen LogP contribution is 2.40. The van der Waals surface area contributed by atoms with Crippen LogP contribution in [0.1, 0.15) is 67.6 Å². The standard InChI is InChI=1S/C27H35N7O4S/c1-17-10-24(28)29-18(2)23(17)16-34-15-22(39(36,37)31-26(35)38-27(3,4)5)14-33(34)13-21-12-32-11-20(19-6-7-19)8-9-25(32)30-21/h8-12,14,19H,6-7,13,15-16H2,1-5H3,(H2,28,29)(H,31,35). The van der Waals surface area contributed by atoms with Gasteiger partial charge in [-0.05, 0) is 82.2 Å². The largest absolute Gasteiger partial charge is 0.443 e. The number of nitrogens with zero attached hydrogens (tertiary/aromatic N) is 5. The van der Waals surface area contributed by atoms with Gasteiger partial charge in [0.25, 0.3) is 10.0 Å². The van der Waals surface area contributed by atoms with Gasteiger partial charge in [-0.3, -0.25) is 0 Å². The second kappa shape index (κ2) is 9.83. The van der Waals surface area contributed by atoms with Crippen molar-refractivity contribution in [3.05, 3.63) is 69.8 Å². The molecule has 1 aliphatic heterocycles. The highest BCUT2D eigenvalue weighted by molar-refractivity contribution is 7.93. The van der Waals surface area contributed by atoms with Crippen molar-refractivity contribution in [1.82, 2.24) is 29.1 Å². The van der Waals surface area contributed by atoms with Gasteiger partial charge in [-0.2, -0.15) is 0 Å². The van der Waals surface area contributed by atoms with E-state index in [1.54, 1.807) is 33.0 Å². The van der Waals surface area contributed by atoms with Crippen molar-refractivity contribution < 1.29 is 17.9 Å². The Kier molecular flexibility index (Phi) is 6.79. The number of hydrogen-bond donors (Lipinski definition) is 2. The van der Waals surface area contributed by atoms with Gasteiger partial charge in [0.15, 0.2) is 0 Å². The molecule has 1 amide bonds. The van der Waals surface area contributed by atoms with Crippen molar-refractivity contribution in [3.63, 3.8) is 0 Å². The highest BCUT2D eigenvalue weighted by Gasteiger charge is 2.33. The molecular formula is C27H35N7O4S. The number of nitrogens with one attached hydrogen (secondary N) is 1. The summed E-state index contributed by atoms with van der Waals surface area (Å²) in [5, 5.41) is 3.72. The zero-order valence-electron chi connectivity index (χ0n) is 22.9. The average molecular weight is 554 g/mol. The van der Waals surface area contributed by atoms with Crippen molar-refractivity contribution in [3.8, 4) is 0 Å². The van der Waals surface area contributed by atoms with Gasteiger partial charge in [0.05, 0.1) is 23.7 Å². The number of pyridine rings is 2. The van der Waals surface area contributed by atoms with Crippen LogP contribution in [0, 0.1) is 13.8 Å². The van der Waals surface area contributed by atoms with Crippen LogP contribution in [-0.4, -0.2) is 51.0 Å². The van der Waals surface area contributed by atoms with E-state index >= 15 is 0 Å². The monoisotopic (exact) mass is 553 g/mol. The summed E-state index contributed by atoms with van der Waals surface area (Å²) >= 11 is 0. The molecule has 1 saturated carbocycles. The molecule has 3 aromatic heterocycles. The second-order valence-electron chi connectivity index (χ2n) is 11.3. The number of carbonyl (C=O) groups is 1. The first-order valence-electron chi connectivity index (χ1n) is 13.0. The number of amides is 1. The molecule has 0 saturated heterocycles. The normalized spacial score (nSPS) is 16.5. The molecule has 0 bridgehead atoms. The Morgan fingerprint density at radius 2 is 1.90 bits per heavy atom. The number of nitrogens with two attached hydrogens (primary N) is 1. The lowest BCUT2D eigenvalue weighted by molar-refractivity contribution is 0.0338. The maximum atomic E-state index is 13.2. The summed E-state index contributed by atoms with van der Waals surface area (Å²) in [6, 6.07) is 5.94. The SMILES string of the molecule is Cc1cc(N)nc(C)c1CN1CC(S(=O)(=O)NC(=O)OC(C)(C)C)=CN1Cc1cn2cc(C3CC3)ccc2n1. The van der Waals surface area contributed by atoms with Gasteiger partial charge in [-0.15, -0.1) is 0 Å². The number of ether oxygens (including phenoxy) is 1. The van der Waals surface area contributed by atoms with Gasteiger partial charge < -0.3 is 19.9 Å². The first-order valence-corrected chi connectivity index (χ1v) is 14.4. The minimum absolute atomic E-state index is 0.0480. The molecular weight excluding hydrogens is 518 g/mol. The Bertz CT molecular complexity index is 1550. The van der Waals surface area contributed by atoms with E-state index in [2.05, 4.69) is 17.2 Å². The molecule has 12 heteroatoms. The number of rotatable bonds is 7. The molecule has 3 aromatic rings. The topological polar surface area (TPSA) is 135 Å². The fourth-order valence-corrected chi connectivity index (χ4v) is 5.72. The Balaban J connectivity index is 1.42. The van der Waals surface area contributed by atoms with Crippen molar-refractivity contribution in [1.29, 1.82) is 0 Å². The quantitative estimate of drug-likeness (QED) is 0.449. The number of nitrogen functional groups attached to an aromatic ring is 1. The van der Waals surface area contributed by atoms with Crippen LogP contribution >= 0.6 is 0 Å². The van der Waals surface area contributed by atoms with Gasteiger partial charge in [0.1, 0.15) is 17.1 Å². The third kappa shape index (κ3) is 6.17. The van der Waals surface area contributed by atoms with Crippen LogP contribution in [0.4, 0.5) is 10.6 Å². The molecule has 0 spiro atoms. The molecule has 39 heavy (non-hydrogen) atoms. The van der Waals surface area contributed by atoms with Gasteiger partial charge >= 0.3 is 6.09 Å². The molecule has 5 rings (SSSR count). The minimum atomic E-state index is -4.15. The van der Waals surface area contributed by atoms with E-state index in [0.717, 1.165) is 28.2 Å². The maximum absolute atomic E-state index is 13.2. The predicted molar refractivity (Wildman–Crippen MR) is 148 cm³/mol. The van der Waals surface area contributed by atoms with Crippen LogP contribution < -0.4 is 10.5 Å². The van der Waals surface area contributed by atoms with Crippen molar-refractivity contribution >= 4 is 27.6 Å². The molecule has 0 aromatic carbocycles. The molecule has 4 heterocycles. The molecule has 208 valence electrons. The molecule has 1 fully saturated rings. The zero-order valence-corrected chi connectivity index (χ0v) is 23.7. The minimum Gasteiger partial charge on any atom is -0.443 e. The first kappa shape index (κ1) is 26.9. The molecule has 3 N–H and O–H groups in total. The fraction of sp³-hybridized carbons (Fsp3) is 0.444. The third-order valence-corrected chi connectivity index (χ3v) is 8.13. The maximum Gasteiger partial charge on any atom is 0.421 e. The van der Waals surface area contributed by atoms with Crippen LogP contribution in [0.3, 0.4) is 0 Å². The molecule has 1 aliphatic carbocycles. The van der Waals surface area contributed by atoms with Gasteiger partial charge in [-0.25, -0.2) is 32.9 Å². The summed E-state index contributed by atoms with van der Waals surface area (Å²) < 4.78 is 35.6. The molecule has 0 atom stereocenters. The van der Waals surface area contributed by atoms with Gasteiger partial charge in [0.2, 0.25) is 0 Å². The number of fused-ring (bicyclic) bond motifs is 1. The van der Waals surface area contributed by atoms with Crippen LogP contribution in [-0.2, 0) is 27.8 Å². The lowest BCUT2D eigenvalue weighted by Gasteiger charge is -2.29. The summed E-state index contributed by atoms with van der Waals surface area (Å²) in [4.78, 5) is 21.5. The van der Waals surface area contributed by atoms with Crippen LogP contribution in [0.15, 0.2) is 41.7 Å². The summed E-state index contributed by atoms with van der Waals surface area (Å²) in [6.07, 6.45) is 7.05. The highest BCUT2D eigenvalue weighted by atomic mass is 32.2. The van der Waals surface area contributed by atoms with E-state index in [0.29, 0.717) is 24.8 Å². The van der Waals surface area contributed by atoms with Gasteiger partial charge in [0, 0.05) is 30.8 Å². The van der Waals surface area contributed by atoms with E-state index in [1.165, 1.54) is 18.4 Å². The van der Waals surface area contributed by atoms with E-state index < -0.39 is 21.7 Å².